The van der Waals surface area contributed by atoms with Gasteiger partial charge in [0.2, 0.25) is 0 Å². The zero-order valence-electron chi connectivity index (χ0n) is 15.0. The highest BCUT2D eigenvalue weighted by molar-refractivity contribution is 5.97. The number of hydrogen-bond donors (Lipinski definition) is 5. The van der Waals surface area contributed by atoms with Gasteiger partial charge >= 0.3 is 0 Å². The minimum atomic E-state index is -1.01. The number of rotatable bonds is 6. The van der Waals surface area contributed by atoms with Crippen molar-refractivity contribution >= 4 is 17.5 Å². The van der Waals surface area contributed by atoms with E-state index in [9.17, 15) is 9.59 Å². The molecule has 2 amide bonds. The van der Waals surface area contributed by atoms with Gasteiger partial charge in [0.25, 0.3) is 11.8 Å². The third kappa shape index (κ3) is 5.85. The molecule has 7 nitrogen and oxygen atoms in total. The van der Waals surface area contributed by atoms with Gasteiger partial charge in [0, 0.05) is 35.5 Å². The summed E-state index contributed by atoms with van der Waals surface area (Å²) in [5.41, 5.74) is 9.90. The van der Waals surface area contributed by atoms with Gasteiger partial charge in [0.15, 0.2) is 0 Å². The maximum absolute atomic E-state index is 12.2. The molecule has 2 rings (SSSR count). The van der Waals surface area contributed by atoms with Crippen LogP contribution in [0, 0.1) is 11.8 Å². The molecule has 0 aliphatic rings. The molecule has 27 heavy (non-hydrogen) atoms. The molecule has 0 radical (unpaired) electrons. The number of amides is 2. The van der Waals surface area contributed by atoms with Crippen molar-refractivity contribution in [2.24, 2.45) is 5.73 Å². The molecular formula is C20H22N4O3. The van der Waals surface area contributed by atoms with Crippen molar-refractivity contribution < 1.29 is 14.8 Å². The largest absolute Gasteiger partial charge is 0.385 e. The number of nitrogens with two attached hydrogens (primary N) is 1. The van der Waals surface area contributed by atoms with Gasteiger partial charge in [-0.3, -0.25) is 14.8 Å². The Hall–Kier alpha value is -3.34. The number of nitrogens with one attached hydrogen (secondary N) is 3. The Morgan fingerprint density at radius 3 is 2.44 bits per heavy atom. The van der Waals surface area contributed by atoms with Gasteiger partial charge in [-0.05, 0) is 49.4 Å². The van der Waals surface area contributed by atoms with Crippen molar-refractivity contribution in [1.82, 2.24) is 10.8 Å². The smallest absolute Gasteiger partial charge is 0.267 e. The maximum atomic E-state index is 12.2. The number of carbonyl (C=O) groups is 2. The number of anilines is 1. The molecule has 2 aromatic rings. The lowest BCUT2D eigenvalue weighted by atomic mass is 10.1. The highest BCUT2D eigenvalue weighted by atomic mass is 16.5. The third-order valence-corrected chi connectivity index (χ3v) is 3.71. The van der Waals surface area contributed by atoms with E-state index in [0.717, 1.165) is 23.4 Å². The van der Waals surface area contributed by atoms with Gasteiger partial charge in [0.05, 0.1) is 0 Å². The van der Waals surface area contributed by atoms with Crippen molar-refractivity contribution in [3.63, 3.8) is 0 Å². The van der Waals surface area contributed by atoms with Crippen LogP contribution in [0.2, 0.25) is 0 Å². The lowest BCUT2D eigenvalue weighted by Crippen LogP contribution is -2.50. The number of hydroxylamine groups is 1. The molecule has 1 atom stereocenters. The molecule has 0 aliphatic carbocycles. The van der Waals surface area contributed by atoms with E-state index >= 15 is 0 Å². The summed E-state index contributed by atoms with van der Waals surface area (Å²) >= 11 is 0. The summed E-state index contributed by atoms with van der Waals surface area (Å²) in [5, 5.41) is 14.3. The van der Waals surface area contributed by atoms with Crippen LogP contribution in [-0.2, 0) is 4.79 Å². The molecule has 0 aromatic heterocycles. The van der Waals surface area contributed by atoms with Crippen LogP contribution in [0.3, 0.4) is 0 Å². The molecule has 0 heterocycles. The standard InChI is InChI=1S/C20H22N4O3/c1-2-22-17-5-3-4-15(12-17)7-6-14-8-10-16(11-9-14)19(25)23-18(13-21)20(26)24-27/h3-5,8-12,18,22,27H,2,13,21H2,1H3,(H,23,25)(H,24,26)/t18-/m0/s1. The van der Waals surface area contributed by atoms with Crippen molar-refractivity contribution in [2.45, 2.75) is 13.0 Å². The van der Waals surface area contributed by atoms with Crippen molar-refractivity contribution in [1.29, 1.82) is 0 Å². The van der Waals surface area contributed by atoms with Crippen molar-refractivity contribution in [3.05, 3.63) is 65.2 Å². The lowest BCUT2D eigenvalue weighted by Gasteiger charge is -2.14. The molecule has 0 saturated carbocycles. The topological polar surface area (TPSA) is 116 Å². The first-order valence-electron chi connectivity index (χ1n) is 8.48. The van der Waals surface area contributed by atoms with E-state index in [-0.39, 0.29) is 6.54 Å². The summed E-state index contributed by atoms with van der Waals surface area (Å²) in [7, 11) is 0. The third-order valence-electron chi connectivity index (χ3n) is 3.71. The van der Waals surface area contributed by atoms with E-state index in [2.05, 4.69) is 22.5 Å². The zero-order chi connectivity index (χ0) is 19.6. The van der Waals surface area contributed by atoms with Gasteiger partial charge in [-0.1, -0.05) is 17.9 Å². The van der Waals surface area contributed by atoms with Crippen LogP contribution >= 0.6 is 0 Å². The van der Waals surface area contributed by atoms with Crippen LogP contribution in [0.15, 0.2) is 48.5 Å². The van der Waals surface area contributed by atoms with Crippen LogP contribution in [0.4, 0.5) is 5.69 Å². The molecule has 0 saturated heterocycles. The Balaban J connectivity index is 2.06. The van der Waals surface area contributed by atoms with Crippen molar-refractivity contribution in [3.8, 4) is 11.8 Å². The molecule has 6 N–H and O–H groups in total. The Labute approximate surface area is 157 Å². The SMILES string of the molecule is CCNc1cccc(C#Cc2ccc(C(=O)N[C@@H](CN)C(=O)NO)cc2)c1. The van der Waals surface area contributed by atoms with Crippen LogP contribution < -0.4 is 21.8 Å². The predicted octanol–water partition coefficient (Wildman–Crippen LogP) is 1.08. The summed E-state index contributed by atoms with van der Waals surface area (Å²) in [5.74, 6) is 4.90. The van der Waals surface area contributed by atoms with Gasteiger partial charge in [-0.25, -0.2) is 5.48 Å². The Bertz CT molecular complexity index is 854. The Kier molecular flexibility index (Phi) is 7.37. The second-order valence-corrected chi connectivity index (χ2v) is 5.68. The van der Waals surface area contributed by atoms with Gasteiger partial charge in [-0.15, -0.1) is 0 Å². The van der Waals surface area contributed by atoms with E-state index in [1.807, 2.05) is 31.2 Å². The van der Waals surface area contributed by atoms with Gasteiger partial charge < -0.3 is 16.4 Å². The fourth-order valence-electron chi connectivity index (χ4n) is 2.31. The van der Waals surface area contributed by atoms with Crippen LogP contribution in [-0.4, -0.2) is 36.2 Å². The van der Waals surface area contributed by atoms with E-state index in [4.69, 9.17) is 10.9 Å². The fraction of sp³-hybridized carbons (Fsp3) is 0.200. The second-order valence-electron chi connectivity index (χ2n) is 5.68. The number of benzene rings is 2. The average Bonchev–Trinajstić information content (AvgIpc) is 2.70. The zero-order valence-corrected chi connectivity index (χ0v) is 15.0. The first kappa shape index (κ1) is 20.0. The number of hydrogen-bond acceptors (Lipinski definition) is 5. The summed E-state index contributed by atoms with van der Waals surface area (Å²) in [6.07, 6.45) is 0. The van der Waals surface area contributed by atoms with Crippen LogP contribution in [0.1, 0.15) is 28.4 Å². The summed E-state index contributed by atoms with van der Waals surface area (Å²) in [6.45, 7) is 2.74. The second kappa shape index (κ2) is 9.97. The first-order chi connectivity index (χ1) is 13.1. The van der Waals surface area contributed by atoms with Crippen molar-refractivity contribution in [2.75, 3.05) is 18.4 Å². The molecule has 7 heteroatoms. The highest BCUT2D eigenvalue weighted by Gasteiger charge is 2.19. The molecule has 0 aliphatic heterocycles. The first-order valence-corrected chi connectivity index (χ1v) is 8.48. The molecule has 0 bridgehead atoms. The summed E-state index contributed by atoms with van der Waals surface area (Å²) in [6, 6.07) is 13.5. The summed E-state index contributed by atoms with van der Waals surface area (Å²) < 4.78 is 0. The normalized spacial score (nSPS) is 10.9. The lowest BCUT2D eigenvalue weighted by molar-refractivity contribution is -0.130. The highest BCUT2D eigenvalue weighted by Crippen LogP contribution is 2.10. The molecule has 2 aromatic carbocycles. The number of carbonyl (C=O) groups excluding carboxylic acids is 2. The molecular weight excluding hydrogens is 344 g/mol. The Morgan fingerprint density at radius 1 is 1.11 bits per heavy atom. The molecule has 0 fully saturated rings. The van der Waals surface area contributed by atoms with Crippen LogP contribution in [0.25, 0.3) is 0 Å². The minimum absolute atomic E-state index is 0.131. The Morgan fingerprint density at radius 2 is 1.81 bits per heavy atom. The van der Waals surface area contributed by atoms with Crippen LogP contribution in [0.5, 0.6) is 0 Å². The fourth-order valence-corrected chi connectivity index (χ4v) is 2.31. The molecule has 140 valence electrons. The maximum Gasteiger partial charge on any atom is 0.267 e. The monoisotopic (exact) mass is 366 g/mol. The van der Waals surface area contributed by atoms with E-state index in [1.54, 1.807) is 24.3 Å². The predicted molar refractivity (Wildman–Crippen MR) is 103 cm³/mol. The van der Waals surface area contributed by atoms with E-state index in [1.165, 1.54) is 5.48 Å². The summed E-state index contributed by atoms with van der Waals surface area (Å²) in [4.78, 5) is 23.5. The average molecular weight is 366 g/mol. The quantitative estimate of drug-likeness (QED) is 0.298. The van der Waals surface area contributed by atoms with E-state index in [0.29, 0.717) is 5.56 Å². The molecule has 0 unspecified atom stereocenters. The van der Waals surface area contributed by atoms with E-state index < -0.39 is 17.9 Å². The van der Waals surface area contributed by atoms with Gasteiger partial charge in [-0.2, -0.15) is 0 Å². The molecule has 0 spiro atoms. The van der Waals surface area contributed by atoms with Gasteiger partial charge in [0.1, 0.15) is 6.04 Å². The minimum Gasteiger partial charge on any atom is -0.385 e.